The molecule has 1 N–H and O–H groups in total. The summed E-state index contributed by atoms with van der Waals surface area (Å²) in [5.41, 5.74) is 2.79. The molecule has 1 heterocycles. The quantitative estimate of drug-likeness (QED) is 0.722. The molecule has 0 saturated heterocycles. The molecule has 25 heavy (non-hydrogen) atoms. The number of anilines is 1. The van der Waals surface area contributed by atoms with Crippen molar-refractivity contribution in [1.82, 2.24) is 4.98 Å². The summed E-state index contributed by atoms with van der Waals surface area (Å²) in [6.45, 7) is 1.94. The number of carbonyl (C=O) groups is 1. The molecule has 0 aliphatic carbocycles. The number of ether oxygens (including phenoxy) is 2. The van der Waals surface area contributed by atoms with Gasteiger partial charge >= 0.3 is 0 Å². The Kier molecular flexibility index (Phi) is 5.30. The van der Waals surface area contributed by atoms with Crippen LogP contribution in [0.4, 0.5) is 5.13 Å². The summed E-state index contributed by atoms with van der Waals surface area (Å²) in [5, 5.41) is 5.16. The third-order valence-electron chi connectivity index (χ3n) is 3.52. The Morgan fingerprint density at radius 1 is 1.16 bits per heavy atom. The Labute approximate surface area is 150 Å². The number of thiazole rings is 1. The van der Waals surface area contributed by atoms with Crippen LogP contribution < -0.4 is 14.8 Å². The van der Waals surface area contributed by atoms with E-state index >= 15 is 0 Å². The zero-order chi connectivity index (χ0) is 17.6. The molecule has 5 nitrogen and oxygen atoms in total. The van der Waals surface area contributed by atoms with Crippen LogP contribution in [-0.4, -0.2) is 24.6 Å². The van der Waals surface area contributed by atoms with Gasteiger partial charge in [-0.05, 0) is 31.2 Å². The first kappa shape index (κ1) is 17.0. The number of hydrogen-bond donors (Lipinski definition) is 1. The molecular weight excluding hydrogens is 336 g/mol. The van der Waals surface area contributed by atoms with Gasteiger partial charge in [-0.15, -0.1) is 11.3 Å². The van der Waals surface area contributed by atoms with E-state index in [1.54, 1.807) is 7.11 Å². The first-order chi connectivity index (χ1) is 12.2. The molecular formula is C19H18N2O3S. The maximum Gasteiger partial charge on any atom is 0.264 e. The SMILES string of the molecule is COc1ccccc1-c1csc(NC(=O)COc2ccc(C)cc2)n1. The average molecular weight is 354 g/mol. The smallest absolute Gasteiger partial charge is 0.264 e. The van der Waals surface area contributed by atoms with Gasteiger partial charge in [0.25, 0.3) is 5.91 Å². The summed E-state index contributed by atoms with van der Waals surface area (Å²) in [5.74, 6) is 1.16. The van der Waals surface area contributed by atoms with Crippen molar-refractivity contribution in [1.29, 1.82) is 0 Å². The van der Waals surface area contributed by atoms with Crippen molar-refractivity contribution in [2.75, 3.05) is 19.0 Å². The minimum Gasteiger partial charge on any atom is -0.496 e. The van der Waals surface area contributed by atoms with E-state index in [1.165, 1.54) is 11.3 Å². The summed E-state index contributed by atoms with van der Waals surface area (Å²) in [4.78, 5) is 16.5. The molecule has 3 rings (SSSR count). The third-order valence-corrected chi connectivity index (χ3v) is 4.28. The summed E-state index contributed by atoms with van der Waals surface area (Å²) in [6, 6.07) is 15.2. The van der Waals surface area contributed by atoms with E-state index in [2.05, 4.69) is 10.3 Å². The minimum atomic E-state index is -0.249. The molecule has 3 aromatic rings. The number of methoxy groups -OCH3 is 1. The van der Waals surface area contributed by atoms with Crippen molar-refractivity contribution in [2.24, 2.45) is 0 Å². The van der Waals surface area contributed by atoms with E-state index in [-0.39, 0.29) is 12.5 Å². The number of nitrogens with one attached hydrogen (secondary N) is 1. The lowest BCUT2D eigenvalue weighted by Gasteiger charge is -2.06. The van der Waals surface area contributed by atoms with Gasteiger partial charge in [0.05, 0.1) is 12.8 Å². The average Bonchev–Trinajstić information content (AvgIpc) is 3.09. The molecule has 128 valence electrons. The first-order valence-electron chi connectivity index (χ1n) is 7.74. The van der Waals surface area contributed by atoms with Crippen molar-refractivity contribution in [2.45, 2.75) is 6.92 Å². The fraction of sp³-hybridized carbons (Fsp3) is 0.158. The number of amides is 1. The zero-order valence-electron chi connectivity index (χ0n) is 14.0. The van der Waals surface area contributed by atoms with Crippen LogP contribution in [0.5, 0.6) is 11.5 Å². The summed E-state index contributed by atoms with van der Waals surface area (Å²) in [7, 11) is 1.62. The van der Waals surface area contributed by atoms with E-state index in [0.29, 0.717) is 10.9 Å². The monoisotopic (exact) mass is 354 g/mol. The van der Waals surface area contributed by atoms with Crippen LogP contribution in [0.15, 0.2) is 53.9 Å². The van der Waals surface area contributed by atoms with Gasteiger partial charge in [-0.1, -0.05) is 29.8 Å². The van der Waals surface area contributed by atoms with E-state index < -0.39 is 0 Å². The predicted octanol–water partition coefficient (Wildman–Crippen LogP) is 4.14. The molecule has 0 fully saturated rings. The van der Waals surface area contributed by atoms with Gasteiger partial charge in [0.15, 0.2) is 11.7 Å². The lowest BCUT2D eigenvalue weighted by Crippen LogP contribution is -2.20. The lowest BCUT2D eigenvalue weighted by molar-refractivity contribution is -0.118. The van der Waals surface area contributed by atoms with Gasteiger partial charge < -0.3 is 9.47 Å². The van der Waals surface area contributed by atoms with Crippen LogP contribution in [0.3, 0.4) is 0 Å². The summed E-state index contributed by atoms with van der Waals surface area (Å²) in [6.07, 6.45) is 0. The summed E-state index contributed by atoms with van der Waals surface area (Å²) < 4.78 is 10.8. The maximum absolute atomic E-state index is 12.0. The second-order valence-corrected chi connectivity index (χ2v) is 6.25. The van der Waals surface area contributed by atoms with Crippen LogP contribution in [-0.2, 0) is 4.79 Å². The molecule has 0 saturated carbocycles. The highest BCUT2D eigenvalue weighted by atomic mass is 32.1. The van der Waals surface area contributed by atoms with Crippen LogP contribution in [0.25, 0.3) is 11.3 Å². The number of benzene rings is 2. The number of rotatable bonds is 6. The van der Waals surface area contributed by atoms with Crippen molar-refractivity contribution in [3.63, 3.8) is 0 Å². The van der Waals surface area contributed by atoms with E-state index in [4.69, 9.17) is 9.47 Å². The standard InChI is InChI=1S/C19H18N2O3S/c1-13-7-9-14(10-8-13)24-11-18(22)21-19-20-16(12-25-19)15-5-3-4-6-17(15)23-2/h3-10,12H,11H2,1-2H3,(H,20,21,22). The third kappa shape index (κ3) is 4.36. The molecule has 6 heteroatoms. The van der Waals surface area contributed by atoms with Crippen molar-refractivity contribution >= 4 is 22.4 Å². The van der Waals surface area contributed by atoms with Crippen LogP contribution in [0.1, 0.15) is 5.56 Å². The Balaban J connectivity index is 1.61. The van der Waals surface area contributed by atoms with Crippen molar-refractivity contribution in [3.05, 3.63) is 59.5 Å². The molecule has 0 atom stereocenters. The highest BCUT2D eigenvalue weighted by Crippen LogP contribution is 2.31. The number of nitrogens with zero attached hydrogens (tertiary/aromatic N) is 1. The Hall–Kier alpha value is -2.86. The van der Waals surface area contributed by atoms with Crippen molar-refractivity contribution < 1.29 is 14.3 Å². The highest BCUT2D eigenvalue weighted by Gasteiger charge is 2.11. The predicted molar refractivity (Wildman–Crippen MR) is 99.4 cm³/mol. The number of carbonyl (C=O) groups excluding carboxylic acids is 1. The number of aromatic nitrogens is 1. The van der Waals surface area contributed by atoms with E-state index in [9.17, 15) is 4.79 Å². The fourth-order valence-electron chi connectivity index (χ4n) is 2.25. The van der Waals surface area contributed by atoms with Gasteiger partial charge in [-0.3, -0.25) is 10.1 Å². The molecule has 0 radical (unpaired) electrons. The van der Waals surface area contributed by atoms with Gasteiger partial charge in [0.1, 0.15) is 11.5 Å². The van der Waals surface area contributed by atoms with E-state index in [1.807, 2.05) is 60.8 Å². The molecule has 0 aliphatic rings. The number of hydrogen-bond acceptors (Lipinski definition) is 5. The first-order valence-corrected chi connectivity index (χ1v) is 8.62. The Bertz CT molecular complexity index is 859. The molecule has 1 amide bonds. The van der Waals surface area contributed by atoms with E-state index in [0.717, 1.165) is 22.6 Å². The molecule has 2 aromatic carbocycles. The maximum atomic E-state index is 12.0. The number of para-hydroxylation sites is 1. The van der Waals surface area contributed by atoms with Crippen molar-refractivity contribution in [3.8, 4) is 22.8 Å². The van der Waals surface area contributed by atoms with Gasteiger partial charge in [0, 0.05) is 10.9 Å². The molecule has 0 spiro atoms. The second-order valence-electron chi connectivity index (χ2n) is 5.39. The molecule has 1 aromatic heterocycles. The second kappa shape index (κ2) is 7.81. The summed E-state index contributed by atoms with van der Waals surface area (Å²) >= 11 is 1.36. The van der Waals surface area contributed by atoms with Gasteiger partial charge in [-0.25, -0.2) is 4.98 Å². The van der Waals surface area contributed by atoms with Gasteiger partial charge in [-0.2, -0.15) is 0 Å². The van der Waals surface area contributed by atoms with Gasteiger partial charge in [0.2, 0.25) is 0 Å². The number of aryl methyl sites for hydroxylation is 1. The van der Waals surface area contributed by atoms with Crippen LogP contribution in [0, 0.1) is 6.92 Å². The highest BCUT2D eigenvalue weighted by molar-refractivity contribution is 7.14. The minimum absolute atomic E-state index is 0.0629. The van der Waals surface area contributed by atoms with Crippen LogP contribution in [0.2, 0.25) is 0 Å². The normalized spacial score (nSPS) is 10.3. The van der Waals surface area contributed by atoms with Crippen LogP contribution >= 0.6 is 11.3 Å². The Morgan fingerprint density at radius 2 is 1.92 bits per heavy atom. The zero-order valence-corrected chi connectivity index (χ0v) is 14.8. The topological polar surface area (TPSA) is 60.5 Å². The Morgan fingerprint density at radius 3 is 2.68 bits per heavy atom. The molecule has 0 aliphatic heterocycles. The lowest BCUT2D eigenvalue weighted by atomic mass is 10.1. The fourth-order valence-corrected chi connectivity index (χ4v) is 2.98. The molecule has 0 bridgehead atoms. The molecule has 0 unspecified atom stereocenters. The largest absolute Gasteiger partial charge is 0.496 e.